The molecule has 4 rings (SSSR count). The maximum Gasteiger partial charge on any atom is 0.0486 e. The van der Waals surface area contributed by atoms with E-state index in [0.29, 0.717) is 5.92 Å². The summed E-state index contributed by atoms with van der Waals surface area (Å²) in [5.74, 6) is 0.471. The average Bonchev–Trinajstić information content (AvgIpc) is 2.94. The first-order valence-corrected chi connectivity index (χ1v) is 10.1. The van der Waals surface area contributed by atoms with Gasteiger partial charge in [0.25, 0.3) is 0 Å². The van der Waals surface area contributed by atoms with Crippen molar-refractivity contribution in [3.05, 3.63) is 65.6 Å². The summed E-state index contributed by atoms with van der Waals surface area (Å²) in [5.41, 5.74) is 6.09. The normalized spacial score (nSPS) is 16.4. The predicted octanol–water partition coefficient (Wildman–Crippen LogP) is 5.24. The van der Waals surface area contributed by atoms with E-state index in [9.17, 15) is 0 Å². The molecule has 3 heterocycles. The summed E-state index contributed by atoms with van der Waals surface area (Å²) in [4.78, 5) is 6.85. The van der Waals surface area contributed by atoms with Crippen LogP contribution >= 0.6 is 0 Å². The fourth-order valence-electron chi connectivity index (χ4n) is 4.61. The molecule has 1 aliphatic rings. The lowest BCUT2D eigenvalue weighted by Gasteiger charge is -2.29. The second-order valence-electron chi connectivity index (χ2n) is 9.29. The van der Waals surface area contributed by atoms with Crippen molar-refractivity contribution in [3.8, 4) is 0 Å². The largest absolute Gasteiger partial charge is 0.344 e. The van der Waals surface area contributed by atoms with Gasteiger partial charge in [-0.25, -0.2) is 0 Å². The summed E-state index contributed by atoms with van der Waals surface area (Å²) in [5, 5.41) is 1.43. The van der Waals surface area contributed by atoms with Crippen molar-refractivity contribution in [1.29, 1.82) is 0 Å². The fourth-order valence-corrected chi connectivity index (χ4v) is 4.61. The third kappa shape index (κ3) is 3.79. The molecule has 0 spiro atoms. The smallest absolute Gasteiger partial charge is 0.0486 e. The lowest BCUT2D eigenvalue weighted by Crippen LogP contribution is -2.28. The van der Waals surface area contributed by atoms with E-state index in [1.807, 2.05) is 6.20 Å². The number of aromatic nitrogens is 2. The number of rotatable bonds is 4. The highest BCUT2D eigenvalue weighted by Gasteiger charge is 2.26. The fraction of sp³-hybridized carbons (Fsp3) is 0.458. The number of fused-ring (bicyclic) bond motifs is 3. The molecule has 0 N–H and O–H groups in total. The molecule has 1 atom stereocenters. The number of benzene rings is 1. The topological polar surface area (TPSA) is 21.1 Å². The van der Waals surface area contributed by atoms with E-state index < -0.39 is 0 Å². The molecular weight excluding hydrogens is 330 g/mol. The molecule has 0 aliphatic carbocycles. The molecule has 0 fully saturated rings. The van der Waals surface area contributed by atoms with Crippen LogP contribution in [0.1, 0.15) is 49.9 Å². The molecule has 1 aliphatic heterocycles. The Labute approximate surface area is 163 Å². The Morgan fingerprint density at radius 2 is 1.93 bits per heavy atom. The van der Waals surface area contributed by atoms with Crippen molar-refractivity contribution >= 4 is 10.9 Å². The van der Waals surface area contributed by atoms with E-state index in [2.05, 4.69) is 84.9 Å². The van der Waals surface area contributed by atoms with Gasteiger partial charge in [0, 0.05) is 61.0 Å². The van der Waals surface area contributed by atoms with Crippen LogP contribution in [0.3, 0.4) is 0 Å². The molecule has 0 saturated heterocycles. The van der Waals surface area contributed by atoms with Gasteiger partial charge in [-0.05, 0) is 42.1 Å². The molecule has 1 unspecified atom stereocenters. The summed E-state index contributed by atoms with van der Waals surface area (Å²) in [6, 6.07) is 13.3. The number of hydrogen-bond donors (Lipinski definition) is 0. The van der Waals surface area contributed by atoms with E-state index in [1.165, 1.54) is 27.7 Å². The van der Waals surface area contributed by atoms with Crippen LogP contribution in [-0.2, 0) is 19.5 Å². The molecule has 1 aromatic carbocycles. The zero-order valence-electron chi connectivity index (χ0n) is 17.1. The van der Waals surface area contributed by atoms with Crippen molar-refractivity contribution in [2.24, 2.45) is 5.41 Å². The van der Waals surface area contributed by atoms with Gasteiger partial charge in [-0.15, -0.1) is 0 Å². The van der Waals surface area contributed by atoms with Gasteiger partial charge >= 0.3 is 0 Å². The van der Waals surface area contributed by atoms with E-state index in [0.717, 1.165) is 32.5 Å². The van der Waals surface area contributed by atoms with E-state index in [4.69, 9.17) is 0 Å². The van der Waals surface area contributed by atoms with Gasteiger partial charge in [0.05, 0.1) is 0 Å². The van der Waals surface area contributed by atoms with E-state index >= 15 is 0 Å². The van der Waals surface area contributed by atoms with Crippen molar-refractivity contribution in [2.45, 2.75) is 52.6 Å². The number of nitrogens with zero attached hydrogens (tertiary/aromatic N) is 3. The van der Waals surface area contributed by atoms with Crippen LogP contribution in [0.15, 0.2) is 48.8 Å². The van der Waals surface area contributed by atoms with Crippen molar-refractivity contribution in [2.75, 3.05) is 13.6 Å². The van der Waals surface area contributed by atoms with E-state index in [-0.39, 0.29) is 5.41 Å². The highest BCUT2D eigenvalue weighted by molar-refractivity contribution is 5.85. The molecule has 3 heteroatoms. The predicted molar refractivity (Wildman–Crippen MR) is 113 cm³/mol. The summed E-state index contributed by atoms with van der Waals surface area (Å²) in [6.07, 6.45) is 6.22. The number of hydrogen-bond acceptors (Lipinski definition) is 2. The molecule has 0 amide bonds. The highest BCUT2D eigenvalue weighted by atomic mass is 15.1. The van der Waals surface area contributed by atoms with Crippen LogP contribution in [0.25, 0.3) is 10.9 Å². The van der Waals surface area contributed by atoms with Crippen LogP contribution in [-0.4, -0.2) is 28.0 Å². The average molecular weight is 362 g/mol. The third-order valence-corrected chi connectivity index (χ3v) is 5.77. The van der Waals surface area contributed by atoms with Gasteiger partial charge in [0.1, 0.15) is 0 Å². The molecule has 142 valence electrons. The first kappa shape index (κ1) is 18.2. The van der Waals surface area contributed by atoms with Crippen LogP contribution in [0.5, 0.6) is 0 Å². The Balaban J connectivity index is 1.79. The SMILES string of the molecule is CN1CCc2c(c3ccccc3n2CC(CC(C)(C)C)c2cccnc2)C1. The zero-order valence-corrected chi connectivity index (χ0v) is 17.1. The maximum absolute atomic E-state index is 4.41. The Morgan fingerprint density at radius 3 is 2.67 bits per heavy atom. The second-order valence-corrected chi connectivity index (χ2v) is 9.29. The molecule has 0 saturated carbocycles. The van der Waals surface area contributed by atoms with Gasteiger partial charge in [0.2, 0.25) is 0 Å². The minimum atomic E-state index is 0.281. The Bertz CT molecular complexity index is 918. The Hall–Kier alpha value is -2.13. The van der Waals surface area contributed by atoms with Crippen LogP contribution in [0, 0.1) is 5.41 Å². The summed E-state index contributed by atoms with van der Waals surface area (Å²) in [7, 11) is 2.23. The first-order valence-electron chi connectivity index (χ1n) is 10.1. The van der Waals surface area contributed by atoms with Crippen molar-refractivity contribution in [1.82, 2.24) is 14.5 Å². The third-order valence-electron chi connectivity index (χ3n) is 5.77. The molecule has 3 nitrogen and oxygen atoms in total. The molecular formula is C24H31N3. The van der Waals surface area contributed by atoms with Gasteiger partial charge < -0.3 is 9.47 Å². The summed E-state index contributed by atoms with van der Waals surface area (Å²) < 4.78 is 2.61. The number of pyridine rings is 1. The van der Waals surface area contributed by atoms with Gasteiger partial charge in [-0.1, -0.05) is 45.0 Å². The second kappa shape index (κ2) is 7.12. The van der Waals surface area contributed by atoms with Crippen molar-refractivity contribution < 1.29 is 0 Å². The minimum absolute atomic E-state index is 0.281. The molecule has 0 bridgehead atoms. The van der Waals surface area contributed by atoms with Crippen LogP contribution < -0.4 is 0 Å². The maximum atomic E-state index is 4.41. The van der Waals surface area contributed by atoms with Gasteiger partial charge in [-0.2, -0.15) is 0 Å². The molecule has 27 heavy (non-hydrogen) atoms. The van der Waals surface area contributed by atoms with Gasteiger partial charge in [-0.3, -0.25) is 4.98 Å². The monoisotopic (exact) mass is 361 g/mol. The molecule has 2 aromatic heterocycles. The lowest BCUT2D eigenvalue weighted by molar-refractivity contribution is 0.300. The first-order chi connectivity index (χ1) is 12.9. The van der Waals surface area contributed by atoms with Crippen LogP contribution in [0.2, 0.25) is 0 Å². The summed E-state index contributed by atoms with van der Waals surface area (Å²) in [6.45, 7) is 10.3. The molecule has 0 radical (unpaired) electrons. The quantitative estimate of drug-likeness (QED) is 0.633. The highest BCUT2D eigenvalue weighted by Crippen LogP contribution is 2.36. The Kier molecular flexibility index (Phi) is 4.81. The van der Waals surface area contributed by atoms with Crippen molar-refractivity contribution in [3.63, 3.8) is 0 Å². The minimum Gasteiger partial charge on any atom is -0.344 e. The standard InChI is InChI=1S/C24H31N3/c1-24(2,3)14-19(18-8-7-12-25-15-18)16-27-22-10-6-5-9-20(22)21-17-26(4)13-11-23(21)27/h5-10,12,15,19H,11,13-14,16-17H2,1-4H3. The van der Waals surface area contributed by atoms with Gasteiger partial charge in [0.15, 0.2) is 0 Å². The Morgan fingerprint density at radius 1 is 1.11 bits per heavy atom. The number of para-hydroxylation sites is 1. The lowest BCUT2D eigenvalue weighted by atomic mass is 9.81. The van der Waals surface area contributed by atoms with Crippen LogP contribution in [0.4, 0.5) is 0 Å². The number of likely N-dealkylation sites (N-methyl/N-ethyl adjacent to an activating group) is 1. The summed E-state index contributed by atoms with van der Waals surface area (Å²) >= 11 is 0. The molecule has 3 aromatic rings. The van der Waals surface area contributed by atoms with E-state index in [1.54, 1.807) is 0 Å². The zero-order chi connectivity index (χ0) is 19.0.